The highest BCUT2D eigenvalue weighted by molar-refractivity contribution is 5.86. The zero-order valence-corrected chi connectivity index (χ0v) is 14.3. The molecule has 0 spiro atoms. The van der Waals surface area contributed by atoms with Crippen LogP contribution in [0.1, 0.15) is 73.6 Å². The molecule has 0 amide bonds. The molecule has 1 N–H and O–H groups in total. The van der Waals surface area contributed by atoms with Crippen LogP contribution in [0.4, 0.5) is 0 Å². The molecule has 116 valence electrons. The number of hydrogen-bond acceptors (Lipinski definition) is 2. The molecule has 0 radical (unpaired) electrons. The van der Waals surface area contributed by atoms with Crippen LogP contribution in [0.5, 0.6) is 0 Å². The van der Waals surface area contributed by atoms with Crippen LogP contribution < -0.4 is 5.32 Å². The molecule has 2 heteroatoms. The fourth-order valence-corrected chi connectivity index (χ4v) is 2.84. The minimum Gasteiger partial charge on any atom is -0.308 e. The molecule has 0 aromatic rings. The average molecular weight is 279 g/mol. The molecule has 0 aromatic heterocycles. The average Bonchev–Trinajstić information content (AvgIpc) is 2.31. The predicted octanol–water partition coefficient (Wildman–Crippen LogP) is 4.49. The number of allylic oxidation sites excluding steroid dienone is 2. The van der Waals surface area contributed by atoms with E-state index in [1.54, 1.807) is 0 Å². The maximum atomic E-state index is 12.8. The number of carbonyl (C=O) groups is 1. The van der Waals surface area contributed by atoms with Gasteiger partial charge in [-0.2, -0.15) is 0 Å². The van der Waals surface area contributed by atoms with Crippen LogP contribution in [0.3, 0.4) is 0 Å². The second-order valence-corrected chi connectivity index (χ2v) is 7.84. The second kappa shape index (κ2) is 6.89. The van der Waals surface area contributed by atoms with E-state index in [0.717, 1.165) is 32.1 Å². The fourth-order valence-electron chi connectivity index (χ4n) is 2.84. The molecule has 2 nitrogen and oxygen atoms in total. The van der Waals surface area contributed by atoms with E-state index in [4.69, 9.17) is 0 Å². The molecule has 0 unspecified atom stereocenters. The van der Waals surface area contributed by atoms with Gasteiger partial charge in [0.05, 0.1) is 0 Å². The van der Waals surface area contributed by atoms with Crippen LogP contribution in [-0.2, 0) is 4.79 Å². The lowest BCUT2D eigenvalue weighted by Crippen LogP contribution is -2.52. The molecule has 0 heterocycles. The van der Waals surface area contributed by atoms with Crippen molar-refractivity contribution >= 4 is 5.78 Å². The maximum absolute atomic E-state index is 12.8. The summed E-state index contributed by atoms with van der Waals surface area (Å²) < 4.78 is 0. The first-order chi connectivity index (χ1) is 9.17. The van der Waals surface area contributed by atoms with Crippen molar-refractivity contribution in [2.75, 3.05) is 0 Å². The summed E-state index contributed by atoms with van der Waals surface area (Å²) in [6, 6.07) is 0.307. The third-order valence-electron chi connectivity index (χ3n) is 4.48. The van der Waals surface area contributed by atoms with E-state index in [-0.39, 0.29) is 16.9 Å². The Morgan fingerprint density at radius 3 is 2.15 bits per heavy atom. The molecule has 0 aromatic carbocycles. The van der Waals surface area contributed by atoms with Crippen LogP contribution in [0, 0.1) is 11.3 Å². The van der Waals surface area contributed by atoms with Crippen LogP contribution in [0.2, 0.25) is 0 Å². The molecule has 0 fully saturated rings. The minimum atomic E-state index is -0.246. The van der Waals surface area contributed by atoms with E-state index in [1.807, 2.05) is 20.8 Å². The zero-order chi connectivity index (χ0) is 15.4. The number of Topliss-reactive ketones (excluding diaryl/α,β-unsaturated/α-hetero) is 1. The Labute approximate surface area is 125 Å². The normalized spacial score (nSPS) is 26.7. The van der Waals surface area contributed by atoms with Gasteiger partial charge < -0.3 is 5.32 Å². The molecule has 1 aliphatic carbocycles. The minimum absolute atomic E-state index is 0.101. The lowest BCUT2D eigenvalue weighted by molar-refractivity contribution is -0.131. The van der Waals surface area contributed by atoms with Gasteiger partial charge in [-0.15, -0.1) is 0 Å². The van der Waals surface area contributed by atoms with Gasteiger partial charge in [0.2, 0.25) is 0 Å². The van der Waals surface area contributed by atoms with Crippen LogP contribution >= 0.6 is 0 Å². The standard InChI is InChI=1S/C18H33NO/c1-7-18(5,6)19-15-13-11-9-8-10-12-14(15)16(20)17(2,3)4/h8-9,14-15,19H,7,10-13H2,1-6H3/b9-8-/t14-,15+/m1/s1. The van der Waals surface area contributed by atoms with Gasteiger partial charge in [0.1, 0.15) is 5.78 Å². The monoisotopic (exact) mass is 279 g/mol. The Kier molecular flexibility index (Phi) is 6.00. The van der Waals surface area contributed by atoms with Gasteiger partial charge in [0.25, 0.3) is 0 Å². The summed E-state index contributed by atoms with van der Waals surface area (Å²) in [5, 5.41) is 3.76. The number of hydrogen-bond donors (Lipinski definition) is 1. The Balaban J connectivity index is 2.93. The van der Waals surface area contributed by atoms with E-state index >= 15 is 0 Å². The van der Waals surface area contributed by atoms with Crippen molar-refractivity contribution in [3.05, 3.63) is 12.2 Å². The van der Waals surface area contributed by atoms with E-state index in [9.17, 15) is 4.79 Å². The van der Waals surface area contributed by atoms with Crippen molar-refractivity contribution in [2.45, 2.75) is 85.2 Å². The van der Waals surface area contributed by atoms with Crippen LogP contribution in [0.15, 0.2) is 12.2 Å². The summed E-state index contributed by atoms with van der Waals surface area (Å²) in [6.07, 6.45) is 9.73. The highest BCUT2D eigenvalue weighted by atomic mass is 16.1. The van der Waals surface area contributed by atoms with Crippen LogP contribution in [0.25, 0.3) is 0 Å². The summed E-state index contributed by atoms with van der Waals surface area (Å²) >= 11 is 0. The summed E-state index contributed by atoms with van der Waals surface area (Å²) in [5.74, 6) is 0.558. The number of ketones is 1. The molecule has 0 saturated carbocycles. The molecular formula is C18H33NO. The topological polar surface area (TPSA) is 29.1 Å². The van der Waals surface area contributed by atoms with Gasteiger partial charge in [0, 0.05) is 22.9 Å². The van der Waals surface area contributed by atoms with Gasteiger partial charge in [-0.25, -0.2) is 0 Å². The molecule has 1 aliphatic rings. The predicted molar refractivity (Wildman–Crippen MR) is 86.9 cm³/mol. The zero-order valence-electron chi connectivity index (χ0n) is 14.3. The summed E-state index contributed by atoms with van der Waals surface area (Å²) in [5.41, 5.74) is -0.145. The lowest BCUT2D eigenvalue weighted by Gasteiger charge is -2.38. The maximum Gasteiger partial charge on any atom is 0.142 e. The third-order valence-corrected chi connectivity index (χ3v) is 4.48. The van der Waals surface area contributed by atoms with E-state index in [1.165, 1.54) is 0 Å². The quantitative estimate of drug-likeness (QED) is 0.768. The molecule has 0 bridgehead atoms. The molecular weight excluding hydrogens is 246 g/mol. The van der Waals surface area contributed by atoms with Gasteiger partial charge in [-0.1, -0.05) is 39.8 Å². The van der Waals surface area contributed by atoms with Gasteiger partial charge in [-0.05, 0) is 46.0 Å². The van der Waals surface area contributed by atoms with E-state index in [2.05, 4.69) is 38.2 Å². The van der Waals surface area contributed by atoms with Gasteiger partial charge in [-0.3, -0.25) is 4.79 Å². The summed E-state index contributed by atoms with van der Waals surface area (Å²) in [6.45, 7) is 12.8. The van der Waals surface area contributed by atoms with Gasteiger partial charge >= 0.3 is 0 Å². The lowest BCUT2D eigenvalue weighted by atomic mass is 9.75. The largest absolute Gasteiger partial charge is 0.308 e. The molecule has 1 rings (SSSR count). The third kappa shape index (κ3) is 5.05. The van der Waals surface area contributed by atoms with Crippen molar-refractivity contribution in [2.24, 2.45) is 11.3 Å². The van der Waals surface area contributed by atoms with E-state index in [0.29, 0.717) is 11.8 Å². The number of carbonyl (C=O) groups excluding carboxylic acids is 1. The first kappa shape index (κ1) is 17.4. The van der Waals surface area contributed by atoms with Crippen molar-refractivity contribution in [3.63, 3.8) is 0 Å². The van der Waals surface area contributed by atoms with Crippen molar-refractivity contribution in [1.82, 2.24) is 5.32 Å². The summed E-state index contributed by atoms with van der Waals surface area (Å²) in [7, 11) is 0. The van der Waals surface area contributed by atoms with Crippen molar-refractivity contribution in [1.29, 1.82) is 0 Å². The highest BCUT2D eigenvalue weighted by Crippen LogP contribution is 2.30. The fraction of sp³-hybridized carbons (Fsp3) is 0.833. The molecule has 0 aliphatic heterocycles. The number of nitrogens with one attached hydrogen (secondary N) is 1. The molecule has 2 atom stereocenters. The van der Waals surface area contributed by atoms with E-state index < -0.39 is 0 Å². The highest BCUT2D eigenvalue weighted by Gasteiger charge is 2.36. The Hall–Kier alpha value is -0.630. The number of rotatable bonds is 4. The molecule has 0 saturated heterocycles. The summed E-state index contributed by atoms with van der Waals surface area (Å²) in [4.78, 5) is 12.8. The first-order valence-electron chi connectivity index (χ1n) is 8.14. The second-order valence-electron chi connectivity index (χ2n) is 7.84. The smallest absolute Gasteiger partial charge is 0.142 e. The van der Waals surface area contributed by atoms with Crippen LogP contribution in [-0.4, -0.2) is 17.4 Å². The van der Waals surface area contributed by atoms with Crippen molar-refractivity contribution < 1.29 is 4.79 Å². The van der Waals surface area contributed by atoms with Crippen molar-refractivity contribution in [3.8, 4) is 0 Å². The molecule has 20 heavy (non-hydrogen) atoms. The van der Waals surface area contributed by atoms with Gasteiger partial charge in [0.15, 0.2) is 0 Å². The SMILES string of the molecule is CCC(C)(C)N[C@H]1CC/C=C\CC[C@H]1C(=O)C(C)(C)C. The first-order valence-corrected chi connectivity index (χ1v) is 8.14. The Morgan fingerprint density at radius 1 is 1.10 bits per heavy atom. The Morgan fingerprint density at radius 2 is 1.65 bits per heavy atom. The Bertz CT molecular complexity index is 349.